The van der Waals surface area contributed by atoms with Gasteiger partial charge in [-0.05, 0) is 26.0 Å². The first-order chi connectivity index (χ1) is 5.83. The van der Waals surface area contributed by atoms with Crippen LogP contribution in [0.3, 0.4) is 0 Å². The van der Waals surface area contributed by atoms with Crippen LogP contribution < -0.4 is 0 Å². The van der Waals surface area contributed by atoms with Crippen molar-refractivity contribution in [1.82, 2.24) is 4.90 Å². The summed E-state index contributed by atoms with van der Waals surface area (Å²) in [6.07, 6.45) is 5.94. The van der Waals surface area contributed by atoms with Crippen molar-refractivity contribution in [2.75, 3.05) is 26.7 Å². The van der Waals surface area contributed by atoms with E-state index in [4.69, 9.17) is 4.74 Å². The van der Waals surface area contributed by atoms with E-state index in [2.05, 4.69) is 24.9 Å². The first-order valence-corrected chi connectivity index (χ1v) is 4.83. The SMILES string of the molecule is CCCCC=C1CN(C)CCO1. The highest BCUT2D eigenvalue weighted by Gasteiger charge is 2.09. The van der Waals surface area contributed by atoms with Crippen LogP contribution >= 0.6 is 0 Å². The minimum absolute atomic E-state index is 0.856. The van der Waals surface area contributed by atoms with Crippen LogP contribution in [0.25, 0.3) is 0 Å². The molecule has 0 aromatic carbocycles. The van der Waals surface area contributed by atoms with Gasteiger partial charge < -0.3 is 4.74 Å². The largest absolute Gasteiger partial charge is 0.496 e. The van der Waals surface area contributed by atoms with Gasteiger partial charge in [-0.15, -0.1) is 0 Å². The van der Waals surface area contributed by atoms with Crippen LogP contribution in [-0.4, -0.2) is 31.6 Å². The normalized spacial score (nSPS) is 22.7. The van der Waals surface area contributed by atoms with Crippen LogP contribution in [-0.2, 0) is 4.74 Å². The predicted molar refractivity (Wildman–Crippen MR) is 51.1 cm³/mol. The van der Waals surface area contributed by atoms with Crippen molar-refractivity contribution < 1.29 is 4.74 Å². The third-order valence-electron chi connectivity index (χ3n) is 2.12. The minimum Gasteiger partial charge on any atom is -0.496 e. The molecule has 12 heavy (non-hydrogen) atoms. The van der Waals surface area contributed by atoms with Gasteiger partial charge in [0.2, 0.25) is 0 Å². The van der Waals surface area contributed by atoms with E-state index in [0.29, 0.717) is 0 Å². The number of hydrogen-bond donors (Lipinski definition) is 0. The van der Waals surface area contributed by atoms with Crippen molar-refractivity contribution in [3.63, 3.8) is 0 Å². The Morgan fingerprint density at radius 2 is 2.42 bits per heavy atom. The van der Waals surface area contributed by atoms with Crippen LogP contribution in [0.15, 0.2) is 11.8 Å². The summed E-state index contributed by atoms with van der Waals surface area (Å²) in [4.78, 5) is 2.29. The molecule has 0 aromatic heterocycles. The number of allylic oxidation sites excluding steroid dienone is 1. The van der Waals surface area contributed by atoms with Crippen LogP contribution in [0.5, 0.6) is 0 Å². The van der Waals surface area contributed by atoms with Gasteiger partial charge in [0.05, 0.1) is 6.54 Å². The minimum atomic E-state index is 0.856. The molecule has 0 bridgehead atoms. The Balaban J connectivity index is 2.25. The second kappa shape index (κ2) is 5.20. The molecule has 0 spiro atoms. The molecule has 0 unspecified atom stereocenters. The Morgan fingerprint density at radius 3 is 3.08 bits per heavy atom. The van der Waals surface area contributed by atoms with Gasteiger partial charge in [0, 0.05) is 6.54 Å². The quantitative estimate of drug-likeness (QED) is 0.599. The number of unbranched alkanes of at least 4 members (excludes halogenated alkanes) is 2. The second-order valence-corrected chi connectivity index (χ2v) is 3.40. The van der Waals surface area contributed by atoms with Gasteiger partial charge in [-0.1, -0.05) is 13.3 Å². The average Bonchev–Trinajstić information content (AvgIpc) is 2.05. The van der Waals surface area contributed by atoms with Crippen LogP contribution in [0.2, 0.25) is 0 Å². The summed E-state index contributed by atoms with van der Waals surface area (Å²) in [7, 11) is 2.14. The molecule has 1 aliphatic rings. The van der Waals surface area contributed by atoms with Crippen LogP contribution in [0.1, 0.15) is 26.2 Å². The van der Waals surface area contributed by atoms with Gasteiger partial charge in [0.15, 0.2) is 0 Å². The van der Waals surface area contributed by atoms with E-state index < -0.39 is 0 Å². The zero-order chi connectivity index (χ0) is 8.81. The molecule has 1 rings (SSSR count). The topological polar surface area (TPSA) is 12.5 Å². The lowest BCUT2D eigenvalue weighted by molar-refractivity contribution is 0.109. The lowest BCUT2D eigenvalue weighted by atomic mass is 10.2. The summed E-state index contributed by atoms with van der Waals surface area (Å²) in [5, 5.41) is 0. The Bertz CT molecular complexity index is 154. The first kappa shape index (κ1) is 9.59. The molecule has 0 saturated carbocycles. The van der Waals surface area contributed by atoms with Gasteiger partial charge in [-0.25, -0.2) is 0 Å². The van der Waals surface area contributed by atoms with Crippen molar-refractivity contribution in [3.05, 3.63) is 11.8 Å². The highest BCUT2D eigenvalue weighted by molar-refractivity contribution is 4.97. The lowest BCUT2D eigenvalue weighted by Crippen LogP contribution is -2.31. The van der Waals surface area contributed by atoms with Crippen molar-refractivity contribution in [1.29, 1.82) is 0 Å². The van der Waals surface area contributed by atoms with Gasteiger partial charge in [0.25, 0.3) is 0 Å². The summed E-state index contributed by atoms with van der Waals surface area (Å²) in [6, 6.07) is 0. The Kier molecular flexibility index (Phi) is 4.15. The molecule has 0 N–H and O–H groups in total. The number of rotatable bonds is 3. The zero-order valence-corrected chi connectivity index (χ0v) is 8.18. The summed E-state index contributed by atoms with van der Waals surface area (Å²) < 4.78 is 5.51. The van der Waals surface area contributed by atoms with Gasteiger partial charge in [-0.3, -0.25) is 4.90 Å². The van der Waals surface area contributed by atoms with Crippen molar-refractivity contribution in [2.24, 2.45) is 0 Å². The van der Waals surface area contributed by atoms with Gasteiger partial charge in [0.1, 0.15) is 12.4 Å². The molecule has 1 saturated heterocycles. The molecule has 70 valence electrons. The van der Waals surface area contributed by atoms with E-state index in [1.54, 1.807) is 0 Å². The number of morpholine rings is 1. The molecule has 0 amide bonds. The molecule has 0 aliphatic carbocycles. The number of likely N-dealkylation sites (N-methyl/N-ethyl adjacent to an activating group) is 1. The smallest absolute Gasteiger partial charge is 0.106 e. The molecule has 0 atom stereocenters. The van der Waals surface area contributed by atoms with E-state index in [9.17, 15) is 0 Å². The summed E-state index contributed by atoms with van der Waals surface area (Å²) >= 11 is 0. The molecule has 2 nitrogen and oxygen atoms in total. The monoisotopic (exact) mass is 169 g/mol. The molecule has 0 aromatic rings. The maximum Gasteiger partial charge on any atom is 0.106 e. The van der Waals surface area contributed by atoms with Gasteiger partial charge >= 0.3 is 0 Å². The maximum atomic E-state index is 5.51. The van der Waals surface area contributed by atoms with E-state index in [1.165, 1.54) is 19.3 Å². The molecular weight excluding hydrogens is 150 g/mol. The molecule has 1 fully saturated rings. The van der Waals surface area contributed by atoms with E-state index >= 15 is 0 Å². The Hall–Kier alpha value is -0.500. The third kappa shape index (κ3) is 3.26. The van der Waals surface area contributed by atoms with Crippen LogP contribution in [0.4, 0.5) is 0 Å². The molecular formula is C10H19NO. The number of hydrogen-bond acceptors (Lipinski definition) is 2. The first-order valence-electron chi connectivity index (χ1n) is 4.83. The molecule has 2 heteroatoms. The molecule has 0 radical (unpaired) electrons. The lowest BCUT2D eigenvalue weighted by Gasteiger charge is -2.25. The molecule has 1 aliphatic heterocycles. The maximum absolute atomic E-state index is 5.51. The zero-order valence-electron chi connectivity index (χ0n) is 8.18. The van der Waals surface area contributed by atoms with E-state index in [-0.39, 0.29) is 0 Å². The standard InChI is InChI=1S/C10H19NO/c1-3-4-5-6-10-9-11(2)7-8-12-10/h6H,3-5,7-9H2,1-2H3. The van der Waals surface area contributed by atoms with E-state index in [1.807, 2.05) is 0 Å². The summed E-state index contributed by atoms with van der Waals surface area (Å²) in [5.74, 6) is 1.16. The fourth-order valence-corrected chi connectivity index (χ4v) is 1.31. The third-order valence-corrected chi connectivity index (χ3v) is 2.12. The van der Waals surface area contributed by atoms with Crippen molar-refractivity contribution >= 4 is 0 Å². The highest BCUT2D eigenvalue weighted by atomic mass is 16.5. The van der Waals surface area contributed by atoms with Crippen LogP contribution in [0, 0.1) is 0 Å². The average molecular weight is 169 g/mol. The second-order valence-electron chi connectivity index (χ2n) is 3.40. The fraction of sp³-hybridized carbons (Fsp3) is 0.800. The van der Waals surface area contributed by atoms with E-state index in [0.717, 1.165) is 25.5 Å². The van der Waals surface area contributed by atoms with Crippen molar-refractivity contribution in [2.45, 2.75) is 26.2 Å². The predicted octanol–water partition coefficient (Wildman–Crippen LogP) is 2.02. The summed E-state index contributed by atoms with van der Waals surface area (Å²) in [6.45, 7) is 5.12. The fourth-order valence-electron chi connectivity index (χ4n) is 1.31. The van der Waals surface area contributed by atoms with Crippen molar-refractivity contribution in [3.8, 4) is 0 Å². The van der Waals surface area contributed by atoms with Gasteiger partial charge in [-0.2, -0.15) is 0 Å². The molecule has 1 heterocycles. The summed E-state index contributed by atoms with van der Waals surface area (Å²) in [5.41, 5.74) is 0. The Labute approximate surface area is 75.2 Å². The number of nitrogens with zero attached hydrogens (tertiary/aromatic N) is 1. The number of ether oxygens (including phenoxy) is 1. The highest BCUT2D eigenvalue weighted by Crippen LogP contribution is 2.08. The Morgan fingerprint density at radius 1 is 1.58 bits per heavy atom.